The molecule has 0 saturated heterocycles. The number of rotatable bonds is 6. The molecule has 1 aliphatic rings. The molecule has 20 heavy (non-hydrogen) atoms. The first kappa shape index (κ1) is 15.4. The monoisotopic (exact) mass is 296 g/mol. The third-order valence-corrected chi connectivity index (χ3v) is 4.73. The second-order valence-electron chi connectivity index (χ2n) is 5.75. The number of nitrogens with zero attached hydrogens (tertiary/aromatic N) is 2. The van der Waals surface area contributed by atoms with E-state index in [0.29, 0.717) is 11.2 Å². The second kappa shape index (κ2) is 7.16. The summed E-state index contributed by atoms with van der Waals surface area (Å²) in [5.74, 6) is 0.450. The zero-order chi connectivity index (χ0) is 14.5. The molecule has 1 aromatic heterocycles. The lowest BCUT2D eigenvalue weighted by atomic mass is 9.98. The molecule has 0 aromatic carbocycles. The number of methoxy groups -OCH3 is 1. The van der Waals surface area contributed by atoms with Crippen LogP contribution in [0.25, 0.3) is 0 Å². The minimum atomic E-state index is -0.274. The highest BCUT2D eigenvalue weighted by molar-refractivity contribution is 7.99. The third-order valence-electron chi connectivity index (χ3n) is 3.77. The van der Waals surface area contributed by atoms with Crippen molar-refractivity contribution in [2.45, 2.75) is 62.1 Å². The van der Waals surface area contributed by atoms with Crippen LogP contribution in [0.5, 0.6) is 0 Å². The number of hydrogen-bond donors (Lipinski definition) is 0. The average Bonchev–Trinajstić information content (AvgIpc) is 3.05. The largest absolute Gasteiger partial charge is 0.467 e. The normalized spacial score (nSPS) is 17.6. The van der Waals surface area contributed by atoms with E-state index < -0.39 is 0 Å². The van der Waals surface area contributed by atoms with Crippen LogP contribution in [0.15, 0.2) is 17.3 Å². The molecule has 0 N–H and O–H groups in total. The van der Waals surface area contributed by atoms with E-state index in [0.717, 1.165) is 11.3 Å². The zero-order valence-electron chi connectivity index (χ0n) is 12.5. The van der Waals surface area contributed by atoms with Gasteiger partial charge in [0.05, 0.1) is 13.3 Å². The summed E-state index contributed by atoms with van der Waals surface area (Å²) < 4.78 is 6.75. The molecule has 112 valence electrons. The van der Waals surface area contributed by atoms with Crippen molar-refractivity contribution in [3.05, 3.63) is 12.4 Å². The van der Waals surface area contributed by atoms with Gasteiger partial charge in [0, 0.05) is 16.3 Å². The van der Waals surface area contributed by atoms with Crippen molar-refractivity contribution in [3.8, 4) is 0 Å². The number of thioether (sulfide) groups is 1. The van der Waals surface area contributed by atoms with Crippen LogP contribution in [0, 0.1) is 5.92 Å². The van der Waals surface area contributed by atoms with Crippen LogP contribution < -0.4 is 0 Å². The Morgan fingerprint density at radius 1 is 1.50 bits per heavy atom. The molecule has 2 rings (SSSR count). The summed E-state index contributed by atoms with van der Waals surface area (Å²) >= 11 is 1.76. The summed E-state index contributed by atoms with van der Waals surface area (Å²) in [7, 11) is 1.46. The Hall–Kier alpha value is -0.970. The Morgan fingerprint density at radius 3 is 2.80 bits per heavy atom. The van der Waals surface area contributed by atoms with Crippen LogP contribution in [0.1, 0.15) is 52.0 Å². The number of esters is 1. The van der Waals surface area contributed by atoms with Crippen molar-refractivity contribution in [2.75, 3.05) is 7.11 Å². The number of carbonyl (C=O) groups excluding carboxylic acids is 1. The maximum absolute atomic E-state index is 12.0. The van der Waals surface area contributed by atoms with E-state index >= 15 is 0 Å². The van der Waals surface area contributed by atoms with Gasteiger partial charge in [-0.25, -0.2) is 4.79 Å². The Kier molecular flexibility index (Phi) is 5.52. The lowest BCUT2D eigenvalue weighted by Gasteiger charge is -2.18. The van der Waals surface area contributed by atoms with Crippen LogP contribution in [0.3, 0.4) is 0 Å². The molecule has 1 aliphatic carbocycles. The summed E-state index contributed by atoms with van der Waals surface area (Å²) in [6.45, 7) is 4.30. The van der Waals surface area contributed by atoms with E-state index in [2.05, 4.69) is 18.9 Å². The standard InChI is InChI=1S/C15H24N2O2S/c1-11(2)20-13-9-16-17(10-13)14(15(18)19-3)8-12-6-4-5-7-12/h9-12,14H,4-8H2,1-3H3. The number of aromatic nitrogens is 2. The summed E-state index contributed by atoms with van der Waals surface area (Å²) in [4.78, 5) is 13.2. The van der Waals surface area contributed by atoms with Gasteiger partial charge in [0.2, 0.25) is 0 Å². The van der Waals surface area contributed by atoms with Crippen LogP contribution in [-0.4, -0.2) is 28.1 Å². The molecule has 1 atom stereocenters. The quantitative estimate of drug-likeness (QED) is 0.593. The van der Waals surface area contributed by atoms with Gasteiger partial charge in [0.15, 0.2) is 0 Å². The second-order valence-corrected chi connectivity index (χ2v) is 7.40. The lowest BCUT2D eigenvalue weighted by Crippen LogP contribution is -2.23. The van der Waals surface area contributed by atoms with E-state index in [4.69, 9.17) is 4.74 Å². The number of ether oxygens (including phenoxy) is 1. The van der Waals surface area contributed by atoms with Crippen LogP contribution >= 0.6 is 11.8 Å². The highest BCUT2D eigenvalue weighted by Gasteiger charge is 2.28. The van der Waals surface area contributed by atoms with Crippen molar-refractivity contribution >= 4 is 17.7 Å². The molecule has 4 nitrogen and oxygen atoms in total. The van der Waals surface area contributed by atoms with Crippen LogP contribution in [0.4, 0.5) is 0 Å². The van der Waals surface area contributed by atoms with E-state index in [-0.39, 0.29) is 12.0 Å². The number of carbonyl (C=O) groups is 1. The Balaban J connectivity index is 2.08. The Morgan fingerprint density at radius 2 is 2.20 bits per heavy atom. The highest BCUT2D eigenvalue weighted by atomic mass is 32.2. The van der Waals surface area contributed by atoms with Gasteiger partial charge in [0.1, 0.15) is 6.04 Å². The molecule has 1 saturated carbocycles. The first-order valence-electron chi connectivity index (χ1n) is 7.38. The smallest absolute Gasteiger partial charge is 0.330 e. The van der Waals surface area contributed by atoms with Crippen molar-refractivity contribution < 1.29 is 9.53 Å². The van der Waals surface area contributed by atoms with Crippen molar-refractivity contribution in [3.63, 3.8) is 0 Å². The molecule has 1 fully saturated rings. The van der Waals surface area contributed by atoms with E-state index in [1.807, 2.05) is 12.4 Å². The van der Waals surface area contributed by atoms with Gasteiger partial charge < -0.3 is 4.74 Å². The highest BCUT2D eigenvalue weighted by Crippen LogP contribution is 2.33. The number of hydrogen-bond acceptors (Lipinski definition) is 4. The Labute approximate surface area is 125 Å². The van der Waals surface area contributed by atoms with Gasteiger partial charge >= 0.3 is 5.97 Å². The van der Waals surface area contributed by atoms with Crippen LogP contribution in [-0.2, 0) is 9.53 Å². The van der Waals surface area contributed by atoms with Gasteiger partial charge in [-0.2, -0.15) is 5.10 Å². The van der Waals surface area contributed by atoms with Gasteiger partial charge in [-0.05, 0) is 12.3 Å². The SMILES string of the molecule is COC(=O)C(CC1CCCC1)n1cc(SC(C)C)cn1. The lowest BCUT2D eigenvalue weighted by molar-refractivity contribution is -0.145. The third kappa shape index (κ3) is 4.01. The summed E-state index contributed by atoms with van der Waals surface area (Å²) in [6.07, 6.45) is 9.68. The van der Waals surface area contributed by atoms with Crippen molar-refractivity contribution in [2.24, 2.45) is 5.92 Å². The molecule has 1 heterocycles. The molecule has 0 spiro atoms. The van der Waals surface area contributed by atoms with E-state index in [1.54, 1.807) is 16.4 Å². The molecular formula is C15H24N2O2S. The van der Waals surface area contributed by atoms with Gasteiger partial charge in [-0.1, -0.05) is 39.5 Å². The Bertz CT molecular complexity index is 439. The fraction of sp³-hybridized carbons (Fsp3) is 0.733. The van der Waals surface area contributed by atoms with E-state index in [9.17, 15) is 4.79 Å². The van der Waals surface area contributed by atoms with E-state index in [1.165, 1.54) is 32.8 Å². The minimum absolute atomic E-state index is 0.180. The van der Waals surface area contributed by atoms with Crippen molar-refractivity contribution in [1.82, 2.24) is 9.78 Å². The summed E-state index contributed by atoms with van der Waals surface area (Å²) in [5.41, 5.74) is 0. The summed E-state index contributed by atoms with van der Waals surface area (Å²) in [5, 5.41) is 4.89. The predicted octanol–water partition coefficient (Wildman–Crippen LogP) is 3.68. The molecule has 1 unspecified atom stereocenters. The zero-order valence-corrected chi connectivity index (χ0v) is 13.4. The topological polar surface area (TPSA) is 44.1 Å². The van der Waals surface area contributed by atoms with Gasteiger partial charge in [-0.15, -0.1) is 11.8 Å². The predicted molar refractivity (Wildman–Crippen MR) is 80.8 cm³/mol. The van der Waals surface area contributed by atoms with Gasteiger partial charge in [0.25, 0.3) is 0 Å². The average molecular weight is 296 g/mol. The van der Waals surface area contributed by atoms with Gasteiger partial charge in [-0.3, -0.25) is 4.68 Å². The maximum Gasteiger partial charge on any atom is 0.330 e. The molecule has 1 aromatic rings. The first-order valence-corrected chi connectivity index (χ1v) is 8.26. The molecule has 0 amide bonds. The fourth-order valence-corrected chi connectivity index (χ4v) is 3.66. The minimum Gasteiger partial charge on any atom is -0.467 e. The maximum atomic E-state index is 12.0. The molecule has 5 heteroatoms. The molecule has 0 aliphatic heterocycles. The fourth-order valence-electron chi connectivity index (χ4n) is 2.83. The van der Waals surface area contributed by atoms with Crippen LogP contribution in [0.2, 0.25) is 0 Å². The molecular weight excluding hydrogens is 272 g/mol. The summed E-state index contributed by atoms with van der Waals surface area (Å²) in [6, 6.07) is -0.274. The first-order chi connectivity index (χ1) is 9.60. The molecule has 0 radical (unpaired) electrons. The van der Waals surface area contributed by atoms with Crippen molar-refractivity contribution in [1.29, 1.82) is 0 Å². The molecule has 0 bridgehead atoms.